The molecule has 0 aliphatic heterocycles. The van der Waals surface area contributed by atoms with Crippen LogP contribution in [0.1, 0.15) is 12.5 Å². The summed E-state index contributed by atoms with van der Waals surface area (Å²) in [6.45, 7) is 0.293. The van der Waals surface area contributed by atoms with Gasteiger partial charge in [0.2, 0.25) is 5.91 Å². The summed E-state index contributed by atoms with van der Waals surface area (Å²) in [5.41, 5.74) is 5.43. The molecule has 0 radical (unpaired) electrons. The number of alkyl halides is 3. The van der Waals surface area contributed by atoms with E-state index in [1.54, 1.807) is 24.3 Å². The molecule has 0 aliphatic carbocycles. The van der Waals surface area contributed by atoms with Gasteiger partial charge in [-0.3, -0.25) is 9.48 Å². The third kappa shape index (κ3) is 4.55. The molecular formula is C14H14BrF3N4O. The number of anilines is 1. The van der Waals surface area contributed by atoms with Crippen molar-refractivity contribution in [3.63, 3.8) is 0 Å². The summed E-state index contributed by atoms with van der Waals surface area (Å²) in [6, 6.07) is 6.87. The quantitative estimate of drug-likeness (QED) is 0.842. The molecule has 23 heavy (non-hydrogen) atoms. The van der Waals surface area contributed by atoms with Gasteiger partial charge in [-0.25, -0.2) is 0 Å². The maximum Gasteiger partial charge on any atom is 0.408 e. The Balaban J connectivity index is 2.10. The van der Waals surface area contributed by atoms with Gasteiger partial charge in [-0.2, -0.15) is 18.3 Å². The first-order valence-electron chi connectivity index (χ1n) is 6.53. The van der Waals surface area contributed by atoms with Crippen molar-refractivity contribution in [1.82, 2.24) is 9.78 Å². The van der Waals surface area contributed by atoms with Gasteiger partial charge in [-0.05, 0) is 24.6 Å². The van der Waals surface area contributed by atoms with Crippen LogP contribution in [-0.4, -0.2) is 21.9 Å². The highest BCUT2D eigenvalue weighted by molar-refractivity contribution is 9.10. The molecule has 9 heteroatoms. The molecule has 1 aromatic carbocycles. The van der Waals surface area contributed by atoms with Gasteiger partial charge in [0.05, 0.1) is 11.9 Å². The SMILES string of the molecule is CC(N)(C(=O)Nc1cnn(CC(F)(F)F)c1)c1ccc(Br)cc1. The van der Waals surface area contributed by atoms with E-state index in [2.05, 4.69) is 26.3 Å². The highest BCUT2D eigenvalue weighted by Crippen LogP contribution is 2.23. The van der Waals surface area contributed by atoms with E-state index in [4.69, 9.17) is 5.73 Å². The van der Waals surface area contributed by atoms with Gasteiger partial charge < -0.3 is 11.1 Å². The fourth-order valence-electron chi connectivity index (χ4n) is 1.89. The van der Waals surface area contributed by atoms with Crippen molar-refractivity contribution in [2.24, 2.45) is 5.73 Å². The van der Waals surface area contributed by atoms with Crippen LogP contribution in [0.4, 0.5) is 18.9 Å². The molecule has 0 spiro atoms. The van der Waals surface area contributed by atoms with Crippen molar-refractivity contribution in [3.8, 4) is 0 Å². The summed E-state index contributed by atoms with van der Waals surface area (Å²) in [5.74, 6) is -0.550. The second kappa shape index (κ2) is 6.32. The van der Waals surface area contributed by atoms with Crippen LogP contribution in [0.5, 0.6) is 0 Å². The average Bonchev–Trinajstić information content (AvgIpc) is 2.84. The molecule has 0 saturated carbocycles. The number of hydrogen-bond acceptors (Lipinski definition) is 3. The lowest BCUT2D eigenvalue weighted by Gasteiger charge is -2.23. The molecule has 1 amide bonds. The number of hydrogen-bond donors (Lipinski definition) is 2. The van der Waals surface area contributed by atoms with E-state index >= 15 is 0 Å². The van der Waals surface area contributed by atoms with E-state index in [0.29, 0.717) is 10.2 Å². The van der Waals surface area contributed by atoms with Crippen LogP contribution < -0.4 is 11.1 Å². The molecule has 3 N–H and O–H groups in total. The van der Waals surface area contributed by atoms with Crippen molar-refractivity contribution in [2.45, 2.75) is 25.2 Å². The van der Waals surface area contributed by atoms with Crippen LogP contribution in [-0.2, 0) is 16.9 Å². The predicted molar refractivity (Wildman–Crippen MR) is 82.6 cm³/mol. The molecule has 1 unspecified atom stereocenters. The molecule has 1 heterocycles. The van der Waals surface area contributed by atoms with Crippen molar-refractivity contribution in [2.75, 3.05) is 5.32 Å². The Morgan fingerprint density at radius 2 is 1.96 bits per heavy atom. The zero-order valence-electron chi connectivity index (χ0n) is 12.1. The fraction of sp³-hybridized carbons (Fsp3) is 0.286. The summed E-state index contributed by atoms with van der Waals surface area (Å²) < 4.78 is 38.4. The molecule has 2 aromatic rings. The van der Waals surface area contributed by atoms with Crippen molar-refractivity contribution < 1.29 is 18.0 Å². The average molecular weight is 391 g/mol. The Labute approximate surface area is 138 Å². The molecule has 0 fully saturated rings. The smallest absolute Gasteiger partial charge is 0.322 e. The first-order chi connectivity index (χ1) is 10.6. The Morgan fingerprint density at radius 1 is 1.35 bits per heavy atom. The van der Waals surface area contributed by atoms with Crippen molar-refractivity contribution >= 4 is 27.5 Å². The minimum absolute atomic E-state index is 0.146. The number of carbonyl (C=O) groups is 1. The van der Waals surface area contributed by atoms with Gasteiger partial charge in [-0.1, -0.05) is 28.1 Å². The lowest BCUT2D eigenvalue weighted by molar-refractivity contribution is -0.142. The van der Waals surface area contributed by atoms with Crippen molar-refractivity contribution in [3.05, 3.63) is 46.7 Å². The second-order valence-electron chi connectivity index (χ2n) is 5.21. The van der Waals surface area contributed by atoms with E-state index < -0.39 is 24.2 Å². The van der Waals surface area contributed by atoms with Crippen LogP contribution in [0.2, 0.25) is 0 Å². The molecule has 5 nitrogen and oxygen atoms in total. The monoisotopic (exact) mass is 390 g/mol. The Hall–Kier alpha value is -1.87. The van der Waals surface area contributed by atoms with Gasteiger partial charge in [0.1, 0.15) is 12.1 Å². The number of rotatable bonds is 4. The van der Waals surface area contributed by atoms with E-state index in [-0.39, 0.29) is 5.69 Å². The van der Waals surface area contributed by atoms with Gasteiger partial charge in [0.25, 0.3) is 0 Å². The van der Waals surface area contributed by atoms with Crippen LogP contribution in [0.15, 0.2) is 41.1 Å². The summed E-state index contributed by atoms with van der Waals surface area (Å²) in [6.07, 6.45) is -2.14. The van der Waals surface area contributed by atoms with Gasteiger partial charge >= 0.3 is 6.18 Å². The number of halogens is 4. The number of amides is 1. The first kappa shape index (κ1) is 17.5. The maximum absolute atomic E-state index is 12.3. The minimum Gasteiger partial charge on any atom is -0.322 e. The summed E-state index contributed by atoms with van der Waals surface area (Å²) >= 11 is 3.29. The summed E-state index contributed by atoms with van der Waals surface area (Å²) in [7, 11) is 0. The fourth-order valence-corrected chi connectivity index (χ4v) is 2.15. The van der Waals surface area contributed by atoms with Crippen LogP contribution >= 0.6 is 15.9 Å². The largest absolute Gasteiger partial charge is 0.408 e. The van der Waals surface area contributed by atoms with E-state index in [0.717, 1.165) is 16.9 Å². The molecule has 1 aromatic heterocycles. The molecule has 0 saturated heterocycles. The number of benzene rings is 1. The molecule has 2 rings (SSSR count). The number of nitrogens with two attached hydrogens (primary N) is 1. The molecule has 1 atom stereocenters. The minimum atomic E-state index is -4.38. The topological polar surface area (TPSA) is 72.9 Å². The number of aromatic nitrogens is 2. The predicted octanol–water partition coefficient (Wildman–Crippen LogP) is 3.02. The molecule has 0 bridgehead atoms. The van der Waals surface area contributed by atoms with Crippen LogP contribution in [0, 0.1) is 0 Å². The highest BCUT2D eigenvalue weighted by atomic mass is 79.9. The highest BCUT2D eigenvalue weighted by Gasteiger charge is 2.31. The van der Waals surface area contributed by atoms with Gasteiger partial charge in [-0.15, -0.1) is 0 Å². The second-order valence-corrected chi connectivity index (χ2v) is 6.12. The first-order valence-corrected chi connectivity index (χ1v) is 7.33. The normalized spacial score (nSPS) is 14.3. The number of nitrogens with zero attached hydrogens (tertiary/aromatic N) is 2. The zero-order chi connectivity index (χ0) is 17.3. The molecule has 0 aliphatic rings. The standard InChI is InChI=1S/C14H14BrF3N4O/c1-13(19,9-2-4-10(15)5-3-9)12(23)21-11-6-20-22(7-11)8-14(16,17)18/h2-7H,8,19H2,1H3,(H,21,23). The van der Waals surface area contributed by atoms with Crippen LogP contribution in [0.25, 0.3) is 0 Å². The molecular weight excluding hydrogens is 377 g/mol. The Morgan fingerprint density at radius 3 is 2.52 bits per heavy atom. The Kier molecular flexibility index (Phi) is 4.81. The number of nitrogens with one attached hydrogen (secondary N) is 1. The summed E-state index contributed by atoms with van der Waals surface area (Å²) in [5, 5.41) is 6.03. The van der Waals surface area contributed by atoms with Crippen LogP contribution in [0.3, 0.4) is 0 Å². The van der Waals surface area contributed by atoms with Gasteiger partial charge in [0, 0.05) is 10.7 Å². The van der Waals surface area contributed by atoms with Gasteiger partial charge in [0.15, 0.2) is 0 Å². The molecule has 124 valence electrons. The van der Waals surface area contributed by atoms with E-state index in [1.807, 2.05) is 0 Å². The number of carbonyl (C=O) groups excluding carboxylic acids is 1. The zero-order valence-corrected chi connectivity index (χ0v) is 13.6. The van der Waals surface area contributed by atoms with Crippen molar-refractivity contribution in [1.29, 1.82) is 0 Å². The third-order valence-corrected chi connectivity index (χ3v) is 3.68. The Bertz CT molecular complexity index is 695. The lowest BCUT2D eigenvalue weighted by Crippen LogP contribution is -2.45. The van der Waals surface area contributed by atoms with E-state index in [9.17, 15) is 18.0 Å². The lowest BCUT2D eigenvalue weighted by atomic mass is 9.92. The maximum atomic E-state index is 12.3. The van der Waals surface area contributed by atoms with E-state index in [1.165, 1.54) is 6.92 Å². The third-order valence-electron chi connectivity index (χ3n) is 3.15. The summed E-state index contributed by atoms with van der Waals surface area (Å²) in [4.78, 5) is 12.3.